The summed E-state index contributed by atoms with van der Waals surface area (Å²) >= 11 is 0. The number of aryl methyl sites for hydroxylation is 1. The third-order valence-corrected chi connectivity index (χ3v) is 3.14. The SMILES string of the molecule is Cc1ccc(C(=O)[C@H](C)OC(=O)c2ccc(N)cc2)cc1. The molecule has 0 fully saturated rings. The number of hydrogen-bond donors (Lipinski definition) is 1. The van der Waals surface area contributed by atoms with Crippen LogP contribution in [0.4, 0.5) is 5.69 Å². The molecule has 4 nitrogen and oxygen atoms in total. The number of ketones is 1. The standard InChI is InChI=1S/C17H17NO3/c1-11-3-5-13(6-4-11)16(19)12(2)21-17(20)14-7-9-15(18)10-8-14/h3-10,12H,18H2,1-2H3/t12-/m0/s1. The Balaban J connectivity index is 2.05. The van der Waals surface area contributed by atoms with Crippen LogP contribution >= 0.6 is 0 Å². The molecule has 0 saturated carbocycles. The highest BCUT2D eigenvalue weighted by molar-refractivity contribution is 6.01. The van der Waals surface area contributed by atoms with Gasteiger partial charge in [0.1, 0.15) is 0 Å². The molecule has 0 saturated heterocycles. The van der Waals surface area contributed by atoms with Gasteiger partial charge in [0.25, 0.3) is 0 Å². The molecular formula is C17H17NO3. The van der Waals surface area contributed by atoms with Gasteiger partial charge in [-0.15, -0.1) is 0 Å². The fourth-order valence-corrected chi connectivity index (χ4v) is 1.85. The number of carbonyl (C=O) groups is 2. The molecule has 0 aromatic heterocycles. The molecule has 1 atom stereocenters. The number of hydrogen-bond acceptors (Lipinski definition) is 4. The van der Waals surface area contributed by atoms with Crippen LogP contribution in [0.25, 0.3) is 0 Å². The lowest BCUT2D eigenvalue weighted by Gasteiger charge is -2.12. The van der Waals surface area contributed by atoms with Gasteiger partial charge in [0.05, 0.1) is 5.56 Å². The van der Waals surface area contributed by atoms with Crippen LogP contribution in [0.3, 0.4) is 0 Å². The second-order valence-electron chi connectivity index (χ2n) is 4.90. The van der Waals surface area contributed by atoms with Gasteiger partial charge in [0.15, 0.2) is 6.10 Å². The Kier molecular flexibility index (Phi) is 4.38. The van der Waals surface area contributed by atoms with E-state index in [1.54, 1.807) is 43.3 Å². The van der Waals surface area contributed by atoms with Crippen molar-refractivity contribution in [1.29, 1.82) is 0 Å². The maximum absolute atomic E-state index is 12.2. The van der Waals surface area contributed by atoms with Crippen LogP contribution in [0, 0.1) is 6.92 Å². The monoisotopic (exact) mass is 283 g/mol. The summed E-state index contributed by atoms with van der Waals surface area (Å²) in [5.74, 6) is -0.762. The molecule has 0 aliphatic heterocycles. The Morgan fingerprint density at radius 2 is 1.48 bits per heavy atom. The molecule has 0 heterocycles. The average Bonchev–Trinajstić information content (AvgIpc) is 2.47. The maximum atomic E-state index is 12.2. The molecule has 2 rings (SSSR count). The van der Waals surface area contributed by atoms with Gasteiger partial charge in [-0.3, -0.25) is 4.79 Å². The van der Waals surface area contributed by atoms with Gasteiger partial charge in [-0.2, -0.15) is 0 Å². The van der Waals surface area contributed by atoms with E-state index in [2.05, 4.69) is 0 Å². The van der Waals surface area contributed by atoms with Gasteiger partial charge in [-0.1, -0.05) is 29.8 Å². The first kappa shape index (κ1) is 14.8. The summed E-state index contributed by atoms with van der Waals surface area (Å²) in [7, 11) is 0. The first-order valence-electron chi connectivity index (χ1n) is 6.65. The van der Waals surface area contributed by atoms with E-state index < -0.39 is 12.1 Å². The number of esters is 1. The highest BCUT2D eigenvalue weighted by Gasteiger charge is 2.20. The van der Waals surface area contributed by atoms with Crippen LogP contribution in [-0.4, -0.2) is 17.9 Å². The van der Waals surface area contributed by atoms with Gasteiger partial charge in [0, 0.05) is 11.3 Å². The molecule has 4 heteroatoms. The molecule has 0 radical (unpaired) electrons. The molecule has 0 aliphatic rings. The number of ether oxygens (including phenoxy) is 1. The lowest BCUT2D eigenvalue weighted by Crippen LogP contribution is -2.24. The van der Waals surface area contributed by atoms with Gasteiger partial charge in [0.2, 0.25) is 5.78 Å². The number of nitrogen functional groups attached to an aromatic ring is 1. The number of Topliss-reactive ketones (excluding diaryl/α,β-unsaturated/α-hetero) is 1. The third-order valence-electron chi connectivity index (χ3n) is 3.14. The smallest absolute Gasteiger partial charge is 0.338 e. The molecule has 0 spiro atoms. The molecule has 108 valence electrons. The van der Waals surface area contributed by atoms with Gasteiger partial charge in [-0.05, 0) is 38.1 Å². The Morgan fingerprint density at radius 3 is 2.05 bits per heavy atom. The Bertz CT molecular complexity index is 645. The minimum Gasteiger partial charge on any atom is -0.451 e. The second kappa shape index (κ2) is 6.22. The number of benzene rings is 2. The summed E-state index contributed by atoms with van der Waals surface area (Å²) in [6.45, 7) is 3.51. The summed E-state index contributed by atoms with van der Waals surface area (Å²) in [5, 5.41) is 0. The summed E-state index contributed by atoms with van der Waals surface area (Å²) < 4.78 is 5.19. The van der Waals surface area contributed by atoms with E-state index in [-0.39, 0.29) is 5.78 Å². The first-order valence-corrected chi connectivity index (χ1v) is 6.65. The van der Waals surface area contributed by atoms with E-state index >= 15 is 0 Å². The number of nitrogens with two attached hydrogens (primary N) is 1. The zero-order valence-corrected chi connectivity index (χ0v) is 12.0. The van der Waals surface area contributed by atoms with Crippen molar-refractivity contribution in [3.05, 3.63) is 65.2 Å². The van der Waals surface area contributed by atoms with Crippen LogP contribution in [0.5, 0.6) is 0 Å². The third kappa shape index (κ3) is 3.69. The van der Waals surface area contributed by atoms with Crippen molar-refractivity contribution < 1.29 is 14.3 Å². The quantitative estimate of drug-likeness (QED) is 0.532. The summed E-state index contributed by atoms with van der Waals surface area (Å²) in [4.78, 5) is 24.1. The van der Waals surface area contributed by atoms with Crippen LogP contribution < -0.4 is 5.73 Å². The molecule has 2 N–H and O–H groups in total. The lowest BCUT2D eigenvalue weighted by atomic mass is 10.1. The second-order valence-corrected chi connectivity index (χ2v) is 4.90. The van der Waals surface area contributed by atoms with E-state index in [4.69, 9.17) is 10.5 Å². The van der Waals surface area contributed by atoms with E-state index in [1.807, 2.05) is 19.1 Å². The van der Waals surface area contributed by atoms with Gasteiger partial charge < -0.3 is 10.5 Å². The Morgan fingerprint density at radius 1 is 0.952 bits per heavy atom. The van der Waals surface area contributed by atoms with Crippen molar-refractivity contribution >= 4 is 17.4 Å². The number of anilines is 1. The van der Waals surface area contributed by atoms with Crippen molar-refractivity contribution in [2.75, 3.05) is 5.73 Å². The summed E-state index contributed by atoms with van der Waals surface area (Å²) in [6.07, 6.45) is -0.835. The van der Waals surface area contributed by atoms with E-state index in [0.29, 0.717) is 16.8 Å². The molecule has 21 heavy (non-hydrogen) atoms. The number of rotatable bonds is 4. The molecular weight excluding hydrogens is 266 g/mol. The molecule has 2 aromatic rings. The largest absolute Gasteiger partial charge is 0.451 e. The molecule has 2 aromatic carbocycles. The van der Waals surface area contributed by atoms with Crippen molar-refractivity contribution in [2.24, 2.45) is 0 Å². The predicted octanol–water partition coefficient (Wildman–Crippen LogP) is 3.01. The van der Waals surface area contributed by atoms with Gasteiger partial charge >= 0.3 is 5.97 Å². The highest BCUT2D eigenvalue weighted by atomic mass is 16.5. The maximum Gasteiger partial charge on any atom is 0.338 e. The molecule has 0 aliphatic carbocycles. The van der Waals surface area contributed by atoms with Crippen LogP contribution in [0.15, 0.2) is 48.5 Å². The van der Waals surface area contributed by atoms with Crippen LogP contribution in [0.1, 0.15) is 33.2 Å². The molecule has 0 unspecified atom stereocenters. The van der Waals surface area contributed by atoms with Gasteiger partial charge in [-0.25, -0.2) is 4.79 Å². The fourth-order valence-electron chi connectivity index (χ4n) is 1.85. The lowest BCUT2D eigenvalue weighted by molar-refractivity contribution is 0.0319. The van der Waals surface area contributed by atoms with Crippen LogP contribution in [-0.2, 0) is 4.74 Å². The predicted molar refractivity (Wildman–Crippen MR) is 81.2 cm³/mol. The van der Waals surface area contributed by atoms with E-state index in [9.17, 15) is 9.59 Å². The minimum absolute atomic E-state index is 0.223. The zero-order valence-electron chi connectivity index (χ0n) is 12.0. The van der Waals surface area contributed by atoms with Crippen molar-refractivity contribution in [3.8, 4) is 0 Å². The normalized spacial score (nSPS) is 11.7. The van der Waals surface area contributed by atoms with Crippen LogP contribution in [0.2, 0.25) is 0 Å². The van der Waals surface area contributed by atoms with Crippen molar-refractivity contribution in [1.82, 2.24) is 0 Å². The van der Waals surface area contributed by atoms with Crippen molar-refractivity contribution in [3.63, 3.8) is 0 Å². The van der Waals surface area contributed by atoms with E-state index in [0.717, 1.165) is 5.56 Å². The minimum atomic E-state index is -0.835. The number of carbonyl (C=O) groups excluding carboxylic acids is 2. The highest BCUT2D eigenvalue weighted by Crippen LogP contribution is 2.12. The average molecular weight is 283 g/mol. The molecule has 0 amide bonds. The fraction of sp³-hybridized carbons (Fsp3) is 0.176. The Labute approximate surface area is 123 Å². The summed E-state index contributed by atoms with van der Waals surface area (Å²) in [5.41, 5.74) is 8.09. The van der Waals surface area contributed by atoms with Crippen molar-refractivity contribution in [2.45, 2.75) is 20.0 Å². The first-order chi connectivity index (χ1) is 9.97. The zero-order chi connectivity index (χ0) is 15.4. The molecule has 0 bridgehead atoms. The topological polar surface area (TPSA) is 69.4 Å². The Hall–Kier alpha value is -2.62. The van der Waals surface area contributed by atoms with E-state index in [1.165, 1.54) is 0 Å². The summed E-state index contributed by atoms with van der Waals surface area (Å²) in [6, 6.07) is 13.5.